The van der Waals surface area contributed by atoms with Crippen molar-refractivity contribution in [2.75, 3.05) is 34.3 Å². The van der Waals surface area contributed by atoms with Crippen LogP contribution in [0, 0.1) is 0 Å². The van der Waals surface area contributed by atoms with Gasteiger partial charge in [0, 0.05) is 20.0 Å². The molecular weight excluding hydrogens is 270 g/mol. The third-order valence-corrected chi connectivity index (χ3v) is 3.61. The number of hydrogen-bond donors (Lipinski definition) is 2. The molecule has 21 heavy (non-hydrogen) atoms. The minimum absolute atomic E-state index is 0.00417. The van der Waals surface area contributed by atoms with Gasteiger partial charge in [0.25, 0.3) is 0 Å². The highest BCUT2D eigenvalue weighted by Crippen LogP contribution is 2.29. The summed E-state index contributed by atoms with van der Waals surface area (Å²) in [5.74, 6) is -0.311. The van der Waals surface area contributed by atoms with Crippen molar-refractivity contribution >= 4 is 11.8 Å². The zero-order chi connectivity index (χ0) is 15.4. The summed E-state index contributed by atoms with van der Waals surface area (Å²) in [7, 11) is 5.33. The van der Waals surface area contributed by atoms with Gasteiger partial charge in [0.1, 0.15) is 5.75 Å². The Morgan fingerprint density at radius 3 is 2.76 bits per heavy atom. The van der Waals surface area contributed by atoms with Gasteiger partial charge < -0.3 is 20.3 Å². The van der Waals surface area contributed by atoms with E-state index in [0.717, 1.165) is 24.3 Å². The summed E-state index contributed by atoms with van der Waals surface area (Å²) in [5.41, 5.74) is 2.29. The summed E-state index contributed by atoms with van der Waals surface area (Å²) in [6.07, 6.45) is 0.911. The molecule has 6 nitrogen and oxygen atoms in total. The quantitative estimate of drug-likeness (QED) is 0.771. The number of rotatable bonds is 4. The molecular formula is C15H21N3O3. The highest BCUT2D eigenvalue weighted by atomic mass is 16.5. The smallest absolute Gasteiger partial charge is 0.309 e. The lowest BCUT2D eigenvalue weighted by atomic mass is 10.0. The molecule has 2 rings (SSSR count). The second-order valence-electron chi connectivity index (χ2n) is 5.23. The van der Waals surface area contributed by atoms with Crippen LogP contribution in [0.25, 0.3) is 0 Å². The third kappa shape index (κ3) is 3.52. The van der Waals surface area contributed by atoms with Crippen molar-refractivity contribution in [2.24, 2.45) is 0 Å². The van der Waals surface area contributed by atoms with E-state index in [1.807, 2.05) is 31.1 Å². The second-order valence-corrected chi connectivity index (χ2v) is 5.23. The van der Waals surface area contributed by atoms with E-state index in [-0.39, 0.29) is 6.04 Å². The van der Waals surface area contributed by atoms with Crippen molar-refractivity contribution < 1.29 is 14.3 Å². The Morgan fingerprint density at radius 2 is 2.10 bits per heavy atom. The molecule has 0 saturated carbocycles. The molecule has 2 amide bonds. The summed E-state index contributed by atoms with van der Waals surface area (Å²) in [6, 6.07) is 6.08. The predicted molar refractivity (Wildman–Crippen MR) is 79.1 cm³/mol. The third-order valence-electron chi connectivity index (χ3n) is 3.61. The van der Waals surface area contributed by atoms with Crippen molar-refractivity contribution in [3.8, 4) is 5.75 Å². The predicted octanol–water partition coefficient (Wildman–Crippen LogP) is 0.0864. The minimum atomic E-state index is -0.630. The Labute approximate surface area is 124 Å². The zero-order valence-electron chi connectivity index (χ0n) is 12.6. The number of benzene rings is 1. The van der Waals surface area contributed by atoms with Crippen LogP contribution < -0.4 is 15.4 Å². The normalized spacial score (nSPS) is 14.3. The van der Waals surface area contributed by atoms with Crippen LogP contribution in [0.2, 0.25) is 0 Å². The molecule has 0 fully saturated rings. The first-order valence-electron chi connectivity index (χ1n) is 6.95. The van der Waals surface area contributed by atoms with Crippen LogP contribution in [0.4, 0.5) is 0 Å². The standard InChI is InChI=1S/C15H21N3O3/c1-16-14(19)15(20)17-9-12(18(2)3)10-4-5-13-11(8-10)6-7-21-13/h4-5,8,12H,6-7,9H2,1-3H3,(H,16,19)(H,17,20)/t12-/m0/s1. The Bertz CT molecular complexity index is 543. The van der Waals surface area contributed by atoms with Crippen molar-refractivity contribution in [3.63, 3.8) is 0 Å². The van der Waals surface area contributed by atoms with Crippen LogP contribution in [-0.4, -0.2) is 51.0 Å². The number of fused-ring (bicyclic) bond motifs is 1. The number of carbonyl (C=O) groups excluding carboxylic acids is 2. The van der Waals surface area contributed by atoms with Crippen LogP contribution in [0.15, 0.2) is 18.2 Å². The van der Waals surface area contributed by atoms with Gasteiger partial charge >= 0.3 is 11.8 Å². The molecule has 0 aromatic heterocycles. The summed E-state index contributed by atoms with van der Waals surface area (Å²) in [4.78, 5) is 24.8. The zero-order valence-corrected chi connectivity index (χ0v) is 12.6. The Kier molecular flexibility index (Phi) is 4.80. The number of ether oxygens (including phenoxy) is 1. The van der Waals surface area contributed by atoms with Gasteiger partial charge in [0.05, 0.1) is 12.6 Å². The minimum Gasteiger partial charge on any atom is -0.493 e. The average Bonchev–Trinajstić information content (AvgIpc) is 2.93. The molecule has 1 aromatic carbocycles. The summed E-state index contributed by atoms with van der Waals surface area (Å²) in [5, 5.41) is 4.97. The summed E-state index contributed by atoms with van der Waals surface area (Å²) >= 11 is 0. The highest BCUT2D eigenvalue weighted by Gasteiger charge is 2.20. The maximum Gasteiger partial charge on any atom is 0.309 e. The van der Waals surface area contributed by atoms with E-state index >= 15 is 0 Å². The highest BCUT2D eigenvalue weighted by molar-refractivity contribution is 6.35. The Balaban J connectivity index is 2.09. The Hall–Kier alpha value is -2.08. The maximum atomic E-state index is 11.6. The summed E-state index contributed by atoms with van der Waals surface area (Å²) in [6.45, 7) is 1.09. The SMILES string of the molecule is CNC(=O)C(=O)NC[C@@H](c1ccc2c(c1)CCO2)N(C)C. The van der Waals surface area contributed by atoms with Gasteiger partial charge in [-0.1, -0.05) is 12.1 Å². The van der Waals surface area contributed by atoms with Crippen LogP contribution in [-0.2, 0) is 16.0 Å². The van der Waals surface area contributed by atoms with Crippen LogP contribution >= 0.6 is 0 Å². The van der Waals surface area contributed by atoms with Gasteiger partial charge in [0.2, 0.25) is 0 Å². The van der Waals surface area contributed by atoms with E-state index in [1.165, 1.54) is 12.6 Å². The number of likely N-dealkylation sites (N-methyl/N-ethyl adjacent to an activating group) is 2. The molecule has 0 spiro atoms. The molecule has 0 bridgehead atoms. The van der Waals surface area contributed by atoms with Crippen molar-refractivity contribution in [3.05, 3.63) is 29.3 Å². The molecule has 0 aliphatic carbocycles. The molecule has 1 aromatic rings. The molecule has 114 valence electrons. The fourth-order valence-corrected chi connectivity index (χ4v) is 2.40. The van der Waals surface area contributed by atoms with E-state index in [9.17, 15) is 9.59 Å². The van der Waals surface area contributed by atoms with Crippen molar-refractivity contribution in [1.82, 2.24) is 15.5 Å². The molecule has 1 aliphatic heterocycles. The molecule has 1 heterocycles. The number of carbonyl (C=O) groups is 2. The number of hydrogen-bond acceptors (Lipinski definition) is 4. The van der Waals surface area contributed by atoms with Gasteiger partial charge in [-0.15, -0.1) is 0 Å². The van der Waals surface area contributed by atoms with Gasteiger partial charge in [-0.25, -0.2) is 0 Å². The number of nitrogens with one attached hydrogen (secondary N) is 2. The Morgan fingerprint density at radius 1 is 1.33 bits per heavy atom. The lowest BCUT2D eigenvalue weighted by Crippen LogP contribution is -2.42. The first kappa shape index (κ1) is 15.3. The van der Waals surface area contributed by atoms with Gasteiger partial charge in [-0.3, -0.25) is 9.59 Å². The van der Waals surface area contributed by atoms with E-state index in [4.69, 9.17) is 4.74 Å². The molecule has 0 saturated heterocycles. The van der Waals surface area contributed by atoms with E-state index < -0.39 is 11.8 Å². The first-order chi connectivity index (χ1) is 10.0. The van der Waals surface area contributed by atoms with Gasteiger partial charge in [0.15, 0.2) is 0 Å². The van der Waals surface area contributed by atoms with Gasteiger partial charge in [-0.05, 0) is 31.3 Å². The largest absolute Gasteiger partial charge is 0.493 e. The molecule has 1 atom stereocenters. The topological polar surface area (TPSA) is 70.7 Å². The average molecular weight is 291 g/mol. The van der Waals surface area contributed by atoms with Crippen molar-refractivity contribution in [1.29, 1.82) is 0 Å². The molecule has 6 heteroatoms. The van der Waals surface area contributed by atoms with E-state index in [0.29, 0.717) is 6.54 Å². The number of nitrogens with zero attached hydrogens (tertiary/aromatic N) is 1. The molecule has 0 unspecified atom stereocenters. The fraction of sp³-hybridized carbons (Fsp3) is 0.467. The molecule has 1 aliphatic rings. The first-order valence-corrected chi connectivity index (χ1v) is 6.95. The van der Waals surface area contributed by atoms with E-state index in [1.54, 1.807) is 0 Å². The monoisotopic (exact) mass is 291 g/mol. The molecule has 2 N–H and O–H groups in total. The number of amides is 2. The van der Waals surface area contributed by atoms with Crippen LogP contribution in [0.5, 0.6) is 5.75 Å². The summed E-state index contributed by atoms with van der Waals surface area (Å²) < 4.78 is 5.50. The molecule has 0 radical (unpaired) electrons. The lowest BCUT2D eigenvalue weighted by Gasteiger charge is -2.25. The lowest BCUT2D eigenvalue weighted by molar-refractivity contribution is -0.139. The fourth-order valence-electron chi connectivity index (χ4n) is 2.40. The van der Waals surface area contributed by atoms with E-state index in [2.05, 4.69) is 16.7 Å². The van der Waals surface area contributed by atoms with Gasteiger partial charge in [-0.2, -0.15) is 0 Å². The van der Waals surface area contributed by atoms with Crippen LogP contribution in [0.1, 0.15) is 17.2 Å². The van der Waals surface area contributed by atoms with Crippen molar-refractivity contribution in [2.45, 2.75) is 12.5 Å². The maximum absolute atomic E-state index is 11.6. The second kappa shape index (κ2) is 6.58. The van der Waals surface area contributed by atoms with Crippen LogP contribution in [0.3, 0.4) is 0 Å².